The van der Waals surface area contributed by atoms with E-state index in [2.05, 4.69) is 10.3 Å². The number of aromatic hydroxyl groups is 1. The topological polar surface area (TPSA) is 122 Å². The van der Waals surface area contributed by atoms with Gasteiger partial charge < -0.3 is 19.2 Å². The van der Waals surface area contributed by atoms with Gasteiger partial charge in [-0.1, -0.05) is 0 Å². The summed E-state index contributed by atoms with van der Waals surface area (Å²) in [6, 6.07) is 6.52. The maximum Gasteiger partial charge on any atom is 0.411 e. The molecule has 0 atom stereocenters. The maximum absolute atomic E-state index is 12.3. The Bertz CT molecular complexity index is 1070. The number of rotatable bonds is 3. The summed E-state index contributed by atoms with van der Waals surface area (Å²) in [4.78, 5) is 38.0. The highest BCUT2D eigenvalue weighted by Gasteiger charge is 2.14. The second-order valence-corrected chi connectivity index (χ2v) is 5.13. The molecule has 8 nitrogen and oxygen atoms in total. The highest BCUT2D eigenvalue weighted by molar-refractivity contribution is 5.91. The minimum atomic E-state index is -0.734. The van der Waals surface area contributed by atoms with Crippen LogP contribution in [-0.4, -0.2) is 22.8 Å². The van der Waals surface area contributed by atoms with Gasteiger partial charge >= 0.3 is 6.09 Å². The lowest BCUT2D eigenvalue weighted by molar-refractivity contribution is 0.168. The fourth-order valence-electron chi connectivity index (χ4n) is 2.33. The van der Waals surface area contributed by atoms with Gasteiger partial charge in [0.15, 0.2) is 5.43 Å². The molecule has 0 fully saturated rings. The lowest BCUT2D eigenvalue weighted by atomic mass is 10.1. The molecule has 128 valence electrons. The molecule has 1 amide bonds. The number of benzene rings is 1. The van der Waals surface area contributed by atoms with Crippen LogP contribution in [0.5, 0.6) is 5.75 Å². The summed E-state index contributed by atoms with van der Waals surface area (Å²) in [5.74, 6) is 0.0903. The van der Waals surface area contributed by atoms with Gasteiger partial charge in [0.2, 0.25) is 5.56 Å². The quantitative estimate of drug-likeness (QED) is 0.672. The van der Waals surface area contributed by atoms with E-state index in [0.717, 1.165) is 6.07 Å². The van der Waals surface area contributed by atoms with Crippen molar-refractivity contribution in [3.63, 3.8) is 0 Å². The van der Waals surface area contributed by atoms with Crippen LogP contribution in [0.4, 0.5) is 10.5 Å². The zero-order valence-electron chi connectivity index (χ0n) is 13.2. The fraction of sp³-hybridized carbons (Fsp3) is 0.118. The molecule has 0 radical (unpaired) electrons. The predicted molar refractivity (Wildman–Crippen MR) is 90.9 cm³/mol. The molecule has 0 saturated heterocycles. The van der Waals surface area contributed by atoms with Crippen LogP contribution in [0, 0.1) is 0 Å². The van der Waals surface area contributed by atoms with Gasteiger partial charge in [-0.3, -0.25) is 14.9 Å². The van der Waals surface area contributed by atoms with Crippen molar-refractivity contribution in [2.24, 2.45) is 0 Å². The van der Waals surface area contributed by atoms with E-state index in [4.69, 9.17) is 9.15 Å². The average Bonchev–Trinajstić information content (AvgIpc) is 2.56. The van der Waals surface area contributed by atoms with Crippen LogP contribution in [0.25, 0.3) is 22.3 Å². The monoisotopic (exact) mass is 342 g/mol. The molecule has 8 heteroatoms. The van der Waals surface area contributed by atoms with Crippen molar-refractivity contribution in [1.82, 2.24) is 4.98 Å². The number of phenolic OH excluding ortho intramolecular Hbond substituents is 1. The normalized spacial score (nSPS) is 10.6. The fourth-order valence-corrected chi connectivity index (χ4v) is 2.33. The molecule has 3 N–H and O–H groups in total. The Morgan fingerprint density at radius 3 is 2.84 bits per heavy atom. The van der Waals surface area contributed by atoms with Gasteiger partial charge in [-0.2, -0.15) is 0 Å². The molecule has 0 aliphatic heterocycles. The first kappa shape index (κ1) is 16.3. The van der Waals surface area contributed by atoms with Gasteiger partial charge in [0, 0.05) is 18.3 Å². The first-order valence-electron chi connectivity index (χ1n) is 7.41. The summed E-state index contributed by atoms with van der Waals surface area (Å²) < 4.78 is 10.5. The first-order valence-corrected chi connectivity index (χ1v) is 7.41. The van der Waals surface area contributed by atoms with Crippen LogP contribution in [0.15, 0.2) is 50.5 Å². The van der Waals surface area contributed by atoms with E-state index < -0.39 is 11.7 Å². The van der Waals surface area contributed by atoms with Crippen LogP contribution < -0.4 is 16.3 Å². The smallest absolute Gasteiger partial charge is 0.411 e. The maximum atomic E-state index is 12.3. The van der Waals surface area contributed by atoms with Crippen LogP contribution in [-0.2, 0) is 4.74 Å². The van der Waals surface area contributed by atoms with Gasteiger partial charge in [0.25, 0.3) is 0 Å². The summed E-state index contributed by atoms with van der Waals surface area (Å²) >= 11 is 0. The number of aromatic nitrogens is 1. The molecule has 3 rings (SSSR count). The van der Waals surface area contributed by atoms with Crippen molar-refractivity contribution in [3.8, 4) is 17.1 Å². The number of pyridine rings is 1. The van der Waals surface area contributed by atoms with E-state index in [9.17, 15) is 19.5 Å². The largest absolute Gasteiger partial charge is 0.508 e. The Kier molecular flexibility index (Phi) is 4.25. The first-order chi connectivity index (χ1) is 12.0. The number of fused-ring (bicyclic) bond motifs is 1. The van der Waals surface area contributed by atoms with Crippen molar-refractivity contribution >= 4 is 22.7 Å². The zero-order valence-corrected chi connectivity index (χ0v) is 13.2. The third-order valence-electron chi connectivity index (χ3n) is 3.41. The third-order valence-corrected chi connectivity index (χ3v) is 3.41. The molecule has 0 aliphatic rings. The number of nitrogens with one attached hydrogen (secondary N) is 2. The average molecular weight is 342 g/mol. The van der Waals surface area contributed by atoms with Crippen LogP contribution in [0.1, 0.15) is 6.92 Å². The summed E-state index contributed by atoms with van der Waals surface area (Å²) in [5, 5.41) is 12.1. The second-order valence-electron chi connectivity index (χ2n) is 5.13. The Morgan fingerprint density at radius 2 is 2.08 bits per heavy atom. The molecule has 0 bridgehead atoms. The third kappa shape index (κ3) is 3.37. The molecule has 0 aliphatic carbocycles. The number of phenols is 1. The molecular weight excluding hydrogens is 328 g/mol. The predicted octanol–water partition coefficient (Wildman–Crippen LogP) is 2.42. The van der Waals surface area contributed by atoms with Gasteiger partial charge in [-0.15, -0.1) is 0 Å². The number of hydrogen-bond acceptors (Lipinski definition) is 6. The van der Waals surface area contributed by atoms with Gasteiger partial charge in [-0.05, 0) is 25.1 Å². The van der Waals surface area contributed by atoms with Crippen LogP contribution >= 0.6 is 0 Å². The van der Waals surface area contributed by atoms with E-state index >= 15 is 0 Å². The van der Waals surface area contributed by atoms with E-state index in [-0.39, 0.29) is 40.2 Å². The van der Waals surface area contributed by atoms with E-state index in [1.165, 1.54) is 30.5 Å². The Balaban J connectivity index is 2.14. The van der Waals surface area contributed by atoms with Crippen molar-refractivity contribution in [3.05, 3.63) is 57.1 Å². The second kappa shape index (κ2) is 6.52. The molecule has 2 aromatic heterocycles. The molecule has 0 spiro atoms. The molecule has 3 aromatic rings. The minimum absolute atomic E-state index is 0.0544. The number of carbonyl (C=O) groups is 1. The molecule has 2 heterocycles. The van der Waals surface area contributed by atoms with Crippen LogP contribution in [0.2, 0.25) is 0 Å². The van der Waals surface area contributed by atoms with Crippen molar-refractivity contribution in [1.29, 1.82) is 0 Å². The summed E-state index contributed by atoms with van der Waals surface area (Å²) in [6.45, 7) is 1.81. The molecule has 25 heavy (non-hydrogen) atoms. The molecular formula is C17H14N2O6. The van der Waals surface area contributed by atoms with Gasteiger partial charge in [0.1, 0.15) is 17.1 Å². The van der Waals surface area contributed by atoms with E-state index in [1.807, 2.05) is 0 Å². The molecule has 0 saturated carbocycles. The van der Waals surface area contributed by atoms with Crippen molar-refractivity contribution < 1.29 is 19.1 Å². The summed E-state index contributed by atoms with van der Waals surface area (Å²) in [5.41, 5.74) is -0.110. The van der Waals surface area contributed by atoms with Gasteiger partial charge in [0.05, 0.1) is 23.2 Å². The summed E-state index contributed by atoms with van der Waals surface area (Å²) in [6.07, 6.45) is 0.594. The number of ether oxygens (including phenoxy) is 1. The highest BCUT2D eigenvalue weighted by atomic mass is 16.5. The molecule has 1 aromatic carbocycles. The number of anilines is 1. The van der Waals surface area contributed by atoms with Gasteiger partial charge in [-0.25, -0.2) is 4.79 Å². The number of hydrogen-bond donors (Lipinski definition) is 3. The summed E-state index contributed by atoms with van der Waals surface area (Å²) in [7, 11) is 0. The SMILES string of the molecule is CCOC(=O)Nc1cc(=O)[nH]cc1-c1cc(=O)c2cc(O)ccc2o1. The molecule has 0 unspecified atom stereocenters. The lowest BCUT2D eigenvalue weighted by Crippen LogP contribution is -2.16. The standard InChI is InChI=1S/C17H14N2O6/c1-2-24-17(23)19-12-6-16(22)18-8-11(12)15-7-13(21)10-5-9(20)3-4-14(10)25-15/h3-8,20H,2H2,1H3,(H2,18,19,22,23). The van der Waals surface area contributed by atoms with Crippen LogP contribution in [0.3, 0.4) is 0 Å². The number of aromatic amines is 1. The number of H-pyrrole nitrogens is 1. The zero-order chi connectivity index (χ0) is 18.0. The van der Waals surface area contributed by atoms with Crippen molar-refractivity contribution in [2.45, 2.75) is 6.92 Å². The number of carbonyl (C=O) groups excluding carboxylic acids is 1. The Morgan fingerprint density at radius 1 is 1.28 bits per heavy atom. The highest BCUT2D eigenvalue weighted by Crippen LogP contribution is 2.28. The number of amides is 1. The van der Waals surface area contributed by atoms with Crippen molar-refractivity contribution in [2.75, 3.05) is 11.9 Å². The Hall–Kier alpha value is -3.55. The lowest BCUT2D eigenvalue weighted by Gasteiger charge is -2.10. The minimum Gasteiger partial charge on any atom is -0.508 e. The Labute approximate surface area is 140 Å². The van der Waals surface area contributed by atoms with E-state index in [1.54, 1.807) is 6.92 Å². The van der Waals surface area contributed by atoms with E-state index in [0.29, 0.717) is 5.56 Å².